The van der Waals surface area contributed by atoms with Crippen molar-refractivity contribution in [3.63, 3.8) is 0 Å². The molecule has 1 saturated heterocycles. The molecule has 0 bridgehead atoms. The molecular weight excluding hydrogens is 226 g/mol. The van der Waals surface area contributed by atoms with E-state index in [1.54, 1.807) is 0 Å². The van der Waals surface area contributed by atoms with Crippen molar-refractivity contribution in [2.45, 2.75) is 46.1 Å². The largest absolute Gasteiger partial charge is 0.340 e. The van der Waals surface area contributed by atoms with Gasteiger partial charge in [-0.15, -0.1) is 0 Å². The minimum absolute atomic E-state index is 0.167. The molecule has 1 amide bonds. The topological polar surface area (TPSA) is 47.3 Å². The molecule has 1 aliphatic heterocycles. The lowest BCUT2D eigenvalue weighted by Crippen LogP contribution is -2.56. The zero-order chi connectivity index (χ0) is 13.8. The van der Waals surface area contributed by atoms with E-state index in [9.17, 15) is 4.79 Å². The summed E-state index contributed by atoms with van der Waals surface area (Å²) >= 11 is 0. The molecule has 0 aliphatic carbocycles. The van der Waals surface area contributed by atoms with Crippen LogP contribution in [0.2, 0.25) is 0 Å². The lowest BCUT2D eigenvalue weighted by molar-refractivity contribution is -0.138. The predicted octanol–water partition coefficient (Wildman–Crippen LogP) is 1.87. The van der Waals surface area contributed by atoms with Gasteiger partial charge in [-0.25, -0.2) is 0 Å². The maximum absolute atomic E-state index is 12.2. The summed E-state index contributed by atoms with van der Waals surface area (Å²) in [7, 11) is 0. The number of amides is 1. The highest BCUT2D eigenvalue weighted by molar-refractivity contribution is 5.78. The highest BCUT2D eigenvalue weighted by Crippen LogP contribution is 2.18. The standard InChI is InChI=1S/C14H25N3O/c1-5-12(6-2)13(18)16-7-9-17(10-8-16)14(3,4)11-15/h12H,5-10H2,1-4H3. The van der Waals surface area contributed by atoms with Crippen LogP contribution >= 0.6 is 0 Å². The Morgan fingerprint density at radius 1 is 1.22 bits per heavy atom. The molecule has 0 atom stereocenters. The Morgan fingerprint density at radius 2 is 1.72 bits per heavy atom. The molecule has 0 N–H and O–H groups in total. The molecule has 1 aliphatic rings. The average molecular weight is 251 g/mol. The van der Waals surface area contributed by atoms with Gasteiger partial charge in [0.25, 0.3) is 0 Å². The monoisotopic (exact) mass is 251 g/mol. The van der Waals surface area contributed by atoms with Crippen LogP contribution in [0.15, 0.2) is 0 Å². The Kier molecular flexibility index (Phi) is 5.15. The Morgan fingerprint density at radius 3 is 2.11 bits per heavy atom. The first-order chi connectivity index (χ1) is 8.46. The summed E-state index contributed by atoms with van der Waals surface area (Å²) in [4.78, 5) is 16.3. The van der Waals surface area contributed by atoms with Crippen LogP contribution < -0.4 is 0 Å². The fourth-order valence-corrected chi connectivity index (χ4v) is 2.45. The molecule has 0 saturated carbocycles. The fraction of sp³-hybridized carbons (Fsp3) is 0.857. The van der Waals surface area contributed by atoms with Crippen LogP contribution in [0, 0.1) is 17.2 Å². The van der Waals surface area contributed by atoms with Crippen molar-refractivity contribution in [2.75, 3.05) is 26.2 Å². The van der Waals surface area contributed by atoms with Crippen LogP contribution in [-0.2, 0) is 4.79 Å². The molecule has 18 heavy (non-hydrogen) atoms. The van der Waals surface area contributed by atoms with Crippen molar-refractivity contribution >= 4 is 5.91 Å². The van der Waals surface area contributed by atoms with Gasteiger partial charge in [0.2, 0.25) is 5.91 Å². The molecule has 0 aromatic rings. The van der Waals surface area contributed by atoms with Gasteiger partial charge in [-0.1, -0.05) is 13.8 Å². The Labute approximate surface area is 111 Å². The first-order valence-electron chi connectivity index (χ1n) is 6.91. The van der Waals surface area contributed by atoms with Crippen molar-refractivity contribution in [1.82, 2.24) is 9.80 Å². The van der Waals surface area contributed by atoms with Crippen molar-refractivity contribution in [3.05, 3.63) is 0 Å². The molecular formula is C14H25N3O. The van der Waals surface area contributed by atoms with E-state index in [-0.39, 0.29) is 11.8 Å². The molecule has 4 heteroatoms. The summed E-state index contributed by atoms with van der Waals surface area (Å²) in [5, 5.41) is 9.11. The SMILES string of the molecule is CCC(CC)C(=O)N1CCN(C(C)(C)C#N)CC1. The van der Waals surface area contributed by atoms with E-state index >= 15 is 0 Å². The number of rotatable bonds is 4. The number of piperazine rings is 1. The van der Waals surface area contributed by atoms with Gasteiger partial charge in [0.1, 0.15) is 5.54 Å². The van der Waals surface area contributed by atoms with Gasteiger partial charge in [0.05, 0.1) is 6.07 Å². The summed E-state index contributed by atoms with van der Waals surface area (Å²) in [6.07, 6.45) is 1.83. The van der Waals surface area contributed by atoms with Crippen molar-refractivity contribution < 1.29 is 4.79 Å². The molecule has 102 valence electrons. The van der Waals surface area contributed by atoms with Gasteiger partial charge in [-0.2, -0.15) is 5.26 Å². The molecule has 1 heterocycles. The lowest BCUT2D eigenvalue weighted by Gasteiger charge is -2.41. The van der Waals surface area contributed by atoms with E-state index in [1.807, 2.05) is 18.7 Å². The molecule has 0 radical (unpaired) electrons. The fourth-order valence-electron chi connectivity index (χ4n) is 2.45. The third-order valence-corrected chi connectivity index (χ3v) is 3.99. The van der Waals surface area contributed by atoms with Crippen LogP contribution in [0.1, 0.15) is 40.5 Å². The number of carbonyl (C=O) groups is 1. The van der Waals surface area contributed by atoms with Crippen LogP contribution in [0.4, 0.5) is 0 Å². The van der Waals surface area contributed by atoms with Gasteiger partial charge >= 0.3 is 0 Å². The van der Waals surface area contributed by atoms with E-state index in [4.69, 9.17) is 5.26 Å². The zero-order valence-electron chi connectivity index (χ0n) is 12.1. The van der Waals surface area contributed by atoms with Crippen LogP contribution in [-0.4, -0.2) is 47.4 Å². The van der Waals surface area contributed by atoms with Gasteiger partial charge in [0.15, 0.2) is 0 Å². The summed E-state index contributed by atoms with van der Waals surface area (Å²) < 4.78 is 0. The lowest BCUT2D eigenvalue weighted by atomic mass is 10.00. The number of hydrogen-bond acceptors (Lipinski definition) is 3. The van der Waals surface area contributed by atoms with Gasteiger partial charge in [-0.3, -0.25) is 9.69 Å². The van der Waals surface area contributed by atoms with Crippen molar-refractivity contribution in [3.8, 4) is 6.07 Å². The minimum Gasteiger partial charge on any atom is -0.340 e. The van der Waals surface area contributed by atoms with E-state index in [0.717, 1.165) is 39.0 Å². The maximum atomic E-state index is 12.2. The number of hydrogen-bond donors (Lipinski definition) is 0. The van der Waals surface area contributed by atoms with Crippen molar-refractivity contribution in [2.24, 2.45) is 5.92 Å². The number of carbonyl (C=O) groups excluding carboxylic acids is 1. The first-order valence-corrected chi connectivity index (χ1v) is 6.91. The zero-order valence-corrected chi connectivity index (χ0v) is 12.1. The minimum atomic E-state index is -0.427. The van der Waals surface area contributed by atoms with Gasteiger partial charge in [-0.05, 0) is 26.7 Å². The second-order valence-electron chi connectivity index (χ2n) is 5.50. The van der Waals surface area contributed by atoms with E-state index in [0.29, 0.717) is 0 Å². The Balaban J connectivity index is 2.55. The Bertz CT molecular complexity index is 320. The summed E-state index contributed by atoms with van der Waals surface area (Å²) in [5.41, 5.74) is -0.427. The highest BCUT2D eigenvalue weighted by atomic mass is 16.2. The smallest absolute Gasteiger partial charge is 0.225 e. The molecule has 0 aromatic carbocycles. The molecule has 4 nitrogen and oxygen atoms in total. The molecule has 0 unspecified atom stereocenters. The second-order valence-corrected chi connectivity index (χ2v) is 5.50. The van der Waals surface area contributed by atoms with Crippen LogP contribution in [0.5, 0.6) is 0 Å². The average Bonchev–Trinajstić information content (AvgIpc) is 2.40. The number of nitriles is 1. The van der Waals surface area contributed by atoms with Crippen LogP contribution in [0.25, 0.3) is 0 Å². The van der Waals surface area contributed by atoms with Crippen molar-refractivity contribution in [1.29, 1.82) is 5.26 Å². The quantitative estimate of drug-likeness (QED) is 0.766. The van der Waals surface area contributed by atoms with E-state index in [1.165, 1.54) is 0 Å². The van der Waals surface area contributed by atoms with Crippen LogP contribution in [0.3, 0.4) is 0 Å². The Hall–Kier alpha value is -1.08. The van der Waals surface area contributed by atoms with Gasteiger partial charge in [0, 0.05) is 32.1 Å². The normalized spacial score (nSPS) is 17.9. The van der Waals surface area contributed by atoms with E-state index in [2.05, 4.69) is 24.8 Å². The first kappa shape index (κ1) is 15.0. The summed E-state index contributed by atoms with van der Waals surface area (Å²) in [5.74, 6) is 0.454. The third-order valence-electron chi connectivity index (χ3n) is 3.99. The molecule has 0 spiro atoms. The van der Waals surface area contributed by atoms with E-state index < -0.39 is 5.54 Å². The highest BCUT2D eigenvalue weighted by Gasteiger charge is 2.32. The van der Waals surface area contributed by atoms with Gasteiger partial charge < -0.3 is 4.90 Å². The molecule has 1 fully saturated rings. The number of nitrogens with zero attached hydrogens (tertiary/aromatic N) is 3. The third kappa shape index (κ3) is 3.23. The summed E-state index contributed by atoms with van der Waals surface area (Å²) in [6, 6.07) is 2.32. The maximum Gasteiger partial charge on any atom is 0.225 e. The molecule has 0 aromatic heterocycles. The summed E-state index contributed by atoms with van der Waals surface area (Å²) in [6.45, 7) is 11.1. The molecule has 1 rings (SSSR count). The predicted molar refractivity (Wildman–Crippen MR) is 71.9 cm³/mol. The second kappa shape index (κ2) is 6.19.